The number of aliphatic carboxylic acids is 1. The first kappa shape index (κ1) is 13.0. The summed E-state index contributed by atoms with van der Waals surface area (Å²) in [7, 11) is 0. The van der Waals surface area contributed by atoms with E-state index in [2.05, 4.69) is 22.1 Å². The zero-order chi connectivity index (χ0) is 13.0. The molecule has 98 valence electrons. The average Bonchev–Trinajstić information content (AvgIpc) is 2.28. The lowest BCUT2D eigenvalue weighted by atomic mass is 10.1. The van der Waals surface area contributed by atoms with Crippen molar-refractivity contribution in [3.8, 4) is 0 Å². The number of carboxylic acid groups (broad SMARTS) is 1. The Labute approximate surface area is 107 Å². The fraction of sp³-hybridized carbons (Fsp3) is 0.538. The molecule has 0 aromatic carbocycles. The van der Waals surface area contributed by atoms with Gasteiger partial charge in [0.25, 0.3) is 0 Å². The molecule has 18 heavy (non-hydrogen) atoms. The number of pyridine rings is 1. The predicted octanol–water partition coefficient (Wildman–Crippen LogP) is 0.719. The van der Waals surface area contributed by atoms with Crippen molar-refractivity contribution in [3.63, 3.8) is 0 Å². The summed E-state index contributed by atoms with van der Waals surface area (Å²) in [5, 5.41) is 12.2. The van der Waals surface area contributed by atoms with Gasteiger partial charge < -0.3 is 10.4 Å². The van der Waals surface area contributed by atoms with E-state index in [1.807, 2.05) is 18.3 Å². The zero-order valence-corrected chi connectivity index (χ0v) is 10.5. The van der Waals surface area contributed by atoms with E-state index in [9.17, 15) is 4.79 Å². The Bertz CT molecular complexity index is 396. The molecule has 0 saturated carbocycles. The highest BCUT2D eigenvalue weighted by Gasteiger charge is 2.25. The fourth-order valence-corrected chi connectivity index (χ4v) is 2.49. The van der Waals surface area contributed by atoms with Crippen molar-refractivity contribution in [2.24, 2.45) is 0 Å². The van der Waals surface area contributed by atoms with Gasteiger partial charge in [-0.3, -0.25) is 14.7 Å². The van der Waals surface area contributed by atoms with Gasteiger partial charge in [-0.05, 0) is 18.6 Å². The van der Waals surface area contributed by atoms with E-state index in [0.29, 0.717) is 6.04 Å². The largest absolute Gasteiger partial charge is 0.481 e. The second-order valence-corrected chi connectivity index (χ2v) is 4.92. The predicted molar refractivity (Wildman–Crippen MR) is 68.2 cm³/mol. The molecule has 1 saturated heterocycles. The molecular formula is C13H19N3O2. The quantitative estimate of drug-likeness (QED) is 0.823. The van der Waals surface area contributed by atoms with Gasteiger partial charge in [0.2, 0.25) is 0 Å². The van der Waals surface area contributed by atoms with Crippen LogP contribution in [0.2, 0.25) is 0 Å². The molecule has 2 atom stereocenters. The highest BCUT2D eigenvalue weighted by Crippen LogP contribution is 2.11. The summed E-state index contributed by atoms with van der Waals surface area (Å²) in [6.07, 6.45) is 3.80. The van der Waals surface area contributed by atoms with Gasteiger partial charge in [0.1, 0.15) is 0 Å². The van der Waals surface area contributed by atoms with Crippen LogP contribution in [0.25, 0.3) is 0 Å². The van der Waals surface area contributed by atoms with Crippen molar-refractivity contribution in [3.05, 3.63) is 30.1 Å². The maximum absolute atomic E-state index is 10.8. The monoisotopic (exact) mass is 249 g/mol. The summed E-state index contributed by atoms with van der Waals surface area (Å²) in [6.45, 7) is 4.62. The van der Waals surface area contributed by atoms with Gasteiger partial charge in [0, 0.05) is 44.1 Å². The Morgan fingerprint density at radius 3 is 3.11 bits per heavy atom. The van der Waals surface area contributed by atoms with Crippen LogP contribution in [-0.2, 0) is 11.3 Å². The number of hydrogen-bond acceptors (Lipinski definition) is 4. The molecule has 2 N–H and O–H groups in total. The van der Waals surface area contributed by atoms with Crippen LogP contribution in [0.1, 0.15) is 18.9 Å². The molecule has 1 aliphatic heterocycles. The second kappa shape index (κ2) is 5.93. The lowest BCUT2D eigenvalue weighted by molar-refractivity contribution is -0.137. The van der Waals surface area contributed by atoms with Crippen LogP contribution in [0.15, 0.2) is 24.5 Å². The van der Waals surface area contributed by atoms with Crippen LogP contribution in [0, 0.1) is 0 Å². The first-order chi connectivity index (χ1) is 8.63. The third kappa shape index (κ3) is 3.78. The summed E-state index contributed by atoms with van der Waals surface area (Å²) in [4.78, 5) is 17.2. The number of nitrogens with zero attached hydrogens (tertiary/aromatic N) is 2. The van der Waals surface area contributed by atoms with E-state index in [-0.39, 0.29) is 12.5 Å². The average molecular weight is 249 g/mol. The van der Waals surface area contributed by atoms with Crippen LogP contribution in [0.5, 0.6) is 0 Å². The Kier molecular flexibility index (Phi) is 4.28. The Balaban J connectivity index is 1.94. The molecule has 2 heterocycles. The summed E-state index contributed by atoms with van der Waals surface area (Å²) in [6, 6.07) is 4.32. The minimum absolute atomic E-state index is 0.0305. The number of rotatable bonds is 4. The van der Waals surface area contributed by atoms with Gasteiger partial charge in [0.05, 0.1) is 6.42 Å². The van der Waals surface area contributed by atoms with Crippen LogP contribution in [-0.4, -0.2) is 46.1 Å². The molecule has 0 amide bonds. The van der Waals surface area contributed by atoms with Gasteiger partial charge in [0.15, 0.2) is 0 Å². The normalized spacial score (nSPS) is 24.9. The van der Waals surface area contributed by atoms with Crippen molar-refractivity contribution >= 4 is 5.97 Å². The van der Waals surface area contributed by atoms with Crippen molar-refractivity contribution in [1.82, 2.24) is 15.2 Å². The third-order valence-electron chi connectivity index (χ3n) is 3.08. The number of aromatic nitrogens is 1. The summed E-state index contributed by atoms with van der Waals surface area (Å²) in [5.41, 5.74) is 1.17. The molecule has 5 heteroatoms. The molecule has 1 aromatic heterocycles. The summed E-state index contributed by atoms with van der Waals surface area (Å²) in [5.74, 6) is -0.747. The SMILES string of the molecule is CC1CN(Cc2cccnc2)CC(CC(=O)O)N1. The Morgan fingerprint density at radius 2 is 2.44 bits per heavy atom. The molecule has 1 aromatic rings. The van der Waals surface area contributed by atoms with E-state index in [4.69, 9.17) is 5.11 Å². The van der Waals surface area contributed by atoms with E-state index in [1.54, 1.807) is 6.20 Å². The third-order valence-corrected chi connectivity index (χ3v) is 3.08. The second-order valence-electron chi connectivity index (χ2n) is 4.92. The molecule has 0 spiro atoms. The molecule has 0 bridgehead atoms. The molecule has 0 radical (unpaired) electrons. The van der Waals surface area contributed by atoms with Crippen molar-refractivity contribution < 1.29 is 9.90 Å². The first-order valence-corrected chi connectivity index (χ1v) is 6.22. The van der Waals surface area contributed by atoms with Crippen molar-refractivity contribution in [1.29, 1.82) is 0 Å². The van der Waals surface area contributed by atoms with Crippen LogP contribution in [0.4, 0.5) is 0 Å². The molecule has 5 nitrogen and oxygen atoms in total. The van der Waals surface area contributed by atoms with Gasteiger partial charge in [-0.25, -0.2) is 0 Å². The van der Waals surface area contributed by atoms with E-state index >= 15 is 0 Å². The molecule has 2 rings (SSSR count). The van der Waals surface area contributed by atoms with Crippen LogP contribution in [0.3, 0.4) is 0 Å². The number of carboxylic acids is 1. The molecule has 0 aliphatic carbocycles. The van der Waals surface area contributed by atoms with Crippen LogP contribution < -0.4 is 5.32 Å². The van der Waals surface area contributed by atoms with E-state index in [1.165, 1.54) is 5.56 Å². The first-order valence-electron chi connectivity index (χ1n) is 6.22. The number of piperazine rings is 1. The number of carbonyl (C=O) groups is 1. The topological polar surface area (TPSA) is 65.5 Å². The fourth-order valence-electron chi connectivity index (χ4n) is 2.49. The number of nitrogens with one attached hydrogen (secondary N) is 1. The van der Waals surface area contributed by atoms with Gasteiger partial charge in [-0.2, -0.15) is 0 Å². The maximum Gasteiger partial charge on any atom is 0.304 e. The van der Waals surface area contributed by atoms with Gasteiger partial charge >= 0.3 is 5.97 Å². The smallest absolute Gasteiger partial charge is 0.304 e. The molecule has 1 aliphatic rings. The Hall–Kier alpha value is -1.46. The summed E-state index contributed by atoms with van der Waals surface area (Å²) >= 11 is 0. The molecule has 1 fully saturated rings. The highest BCUT2D eigenvalue weighted by molar-refractivity contribution is 5.67. The minimum Gasteiger partial charge on any atom is -0.481 e. The van der Waals surface area contributed by atoms with Crippen molar-refractivity contribution in [2.45, 2.75) is 32.0 Å². The lowest BCUT2D eigenvalue weighted by Crippen LogP contribution is -2.55. The standard InChI is InChI=1S/C13H19N3O2/c1-10-7-16(8-11-3-2-4-14-6-11)9-12(15-10)5-13(17)18/h2-4,6,10,12,15H,5,7-9H2,1H3,(H,17,18). The Morgan fingerprint density at radius 1 is 1.61 bits per heavy atom. The van der Waals surface area contributed by atoms with E-state index < -0.39 is 5.97 Å². The van der Waals surface area contributed by atoms with E-state index in [0.717, 1.165) is 19.6 Å². The van der Waals surface area contributed by atoms with Crippen molar-refractivity contribution in [2.75, 3.05) is 13.1 Å². The summed E-state index contributed by atoms with van der Waals surface area (Å²) < 4.78 is 0. The minimum atomic E-state index is -0.747. The van der Waals surface area contributed by atoms with Gasteiger partial charge in [-0.1, -0.05) is 6.07 Å². The molecular weight excluding hydrogens is 230 g/mol. The highest BCUT2D eigenvalue weighted by atomic mass is 16.4. The van der Waals surface area contributed by atoms with Gasteiger partial charge in [-0.15, -0.1) is 0 Å². The van der Waals surface area contributed by atoms with Crippen LogP contribution >= 0.6 is 0 Å². The molecule has 2 unspecified atom stereocenters. The lowest BCUT2D eigenvalue weighted by Gasteiger charge is -2.37. The maximum atomic E-state index is 10.8. The number of hydrogen-bond donors (Lipinski definition) is 2. The zero-order valence-electron chi connectivity index (χ0n) is 10.5.